The number of aliphatic hydroxyl groups excluding tert-OH is 1. The van der Waals surface area contributed by atoms with E-state index in [2.05, 4.69) is 11.8 Å². The molecule has 1 saturated heterocycles. The predicted molar refractivity (Wildman–Crippen MR) is 77.6 cm³/mol. The van der Waals surface area contributed by atoms with Crippen molar-refractivity contribution in [3.05, 3.63) is 35.1 Å². The van der Waals surface area contributed by atoms with E-state index in [1.54, 1.807) is 12.1 Å². The summed E-state index contributed by atoms with van der Waals surface area (Å²) in [5.74, 6) is 4.45. The van der Waals surface area contributed by atoms with Crippen molar-refractivity contribution >= 4 is 5.91 Å². The van der Waals surface area contributed by atoms with Crippen LogP contribution < -0.4 is 5.73 Å². The lowest BCUT2D eigenvalue weighted by molar-refractivity contribution is -0.124. The molecular formula is C16H19FN2O2. The first-order chi connectivity index (χ1) is 10.1. The summed E-state index contributed by atoms with van der Waals surface area (Å²) in [4.78, 5) is 13.4. The van der Waals surface area contributed by atoms with E-state index >= 15 is 0 Å². The summed E-state index contributed by atoms with van der Waals surface area (Å²) >= 11 is 0. The van der Waals surface area contributed by atoms with Gasteiger partial charge in [0.2, 0.25) is 5.91 Å². The Morgan fingerprint density at radius 3 is 2.95 bits per heavy atom. The van der Waals surface area contributed by atoms with Crippen LogP contribution >= 0.6 is 0 Å². The molecule has 1 amide bonds. The van der Waals surface area contributed by atoms with Gasteiger partial charge < -0.3 is 10.8 Å². The van der Waals surface area contributed by atoms with Crippen LogP contribution in [0.2, 0.25) is 0 Å². The lowest BCUT2D eigenvalue weighted by Crippen LogP contribution is -2.47. The Labute approximate surface area is 123 Å². The molecule has 1 heterocycles. The molecule has 1 atom stereocenters. The summed E-state index contributed by atoms with van der Waals surface area (Å²) in [5.41, 5.74) is 6.46. The molecule has 2 rings (SSSR count). The number of hydrogen-bond acceptors (Lipinski definition) is 3. The third-order valence-corrected chi connectivity index (χ3v) is 3.68. The summed E-state index contributed by atoms with van der Waals surface area (Å²) in [6.45, 7) is 0.865. The Morgan fingerprint density at radius 2 is 2.29 bits per heavy atom. The highest BCUT2D eigenvalue weighted by molar-refractivity contribution is 5.79. The first kappa shape index (κ1) is 15.5. The average molecular weight is 290 g/mol. The van der Waals surface area contributed by atoms with Gasteiger partial charge in [0.05, 0.1) is 6.04 Å². The molecule has 1 aromatic carbocycles. The topological polar surface area (TPSA) is 66.6 Å². The van der Waals surface area contributed by atoms with Gasteiger partial charge in [-0.25, -0.2) is 4.39 Å². The summed E-state index contributed by atoms with van der Waals surface area (Å²) in [6, 6.07) is 4.42. The van der Waals surface area contributed by atoms with E-state index < -0.39 is 0 Å². The number of piperidine rings is 1. The van der Waals surface area contributed by atoms with E-state index in [-0.39, 0.29) is 24.4 Å². The number of benzene rings is 1. The molecule has 3 N–H and O–H groups in total. The zero-order valence-corrected chi connectivity index (χ0v) is 11.8. The minimum absolute atomic E-state index is 0.253. The predicted octanol–water partition coefficient (Wildman–Crippen LogP) is 1.01. The van der Waals surface area contributed by atoms with Crippen LogP contribution in [0.5, 0.6) is 0 Å². The minimum Gasteiger partial charge on any atom is -0.384 e. The molecule has 0 radical (unpaired) electrons. The zero-order valence-electron chi connectivity index (χ0n) is 11.8. The number of aliphatic hydroxyl groups is 1. The van der Waals surface area contributed by atoms with E-state index in [9.17, 15) is 9.18 Å². The normalized spacial score (nSPS) is 18.9. The van der Waals surface area contributed by atoms with Crippen LogP contribution in [0.1, 0.15) is 30.4 Å². The molecule has 1 unspecified atom stereocenters. The molecule has 1 aliphatic rings. The second-order valence-electron chi connectivity index (χ2n) is 5.15. The maximum Gasteiger partial charge on any atom is 0.234 e. The van der Waals surface area contributed by atoms with Gasteiger partial charge in [0.15, 0.2) is 0 Å². The van der Waals surface area contributed by atoms with Crippen LogP contribution in [0.4, 0.5) is 4.39 Å². The molecule has 1 fully saturated rings. The zero-order chi connectivity index (χ0) is 15.2. The molecular weight excluding hydrogens is 271 g/mol. The molecule has 1 aromatic rings. The van der Waals surface area contributed by atoms with Gasteiger partial charge in [-0.3, -0.25) is 9.69 Å². The van der Waals surface area contributed by atoms with Gasteiger partial charge in [0.25, 0.3) is 0 Å². The van der Waals surface area contributed by atoms with E-state index in [1.807, 2.05) is 4.90 Å². The molecule has 0 aliphatic carbocycles. The smallest absolute Gasteiger partial charge is 0.234 e. The number of nitrogens with zero attached hydrogens (tertiary/aromatic N) is 1. The van der Waals surface area contributed by atoms with Crippen LogP contribution in [-0.4, -0.2) is 35.1 Å². The van der Waals surface area contributed by atoms with Crippen molar-refractivity contribution in [1.29, 1.82) is 0 Å². The van der Waals surface area contributed by atoms with Crippen molar-refractivity contribution in [3.63, 3.8) is 0 Å². The van der Waals surface area contributed by atoms with Crippen molar-refractivity contribution in [1.82, 2.24) is 4.90 Å². The molecule has 0 aromatic heterocycles. The summed E-state index contributed by atoms with van der Waals surface area (Å²) in [5, 5.41) is 8.63. The van der Waals surface area contributed by atoms with E-state index in [1.165, 1.54) is 6.07 Å². The Hall–Kier alpha value is -1.90. The van der Waals surface area contributed by atoms with Crippen LogP contribution in [-0.2, 0) is 11.3 Å². The fourth-order valence-electron chi connectivity index (χ4n) is 2.62. The second kappa shape index (κ2) is 7.21. The van der Waals surface area contributed by atoms with Gasteiger partial charge >= 0.3 is 0 Å². The van der Waals surface area contributed by atoms with Crippen LogP contribution in [0.3, 0.4) is 0 Å². The number of carbonyl (C=O) groups excluding carboxylic acids is 1. The lowest BCUT2D eigenvalue weighted by Gasteiger charge is -2.33. The van der Waals surface area contributed by atoms with Gasteiger partial charge in [0, 0.05) is 17.7 Å². The highest BCUT2D eigenvalue weighted by atomic mass is 19.1. The second-order valence-corrected chi connectivity index (χ2v) is 5.15. The number of halogens is 1. The van der Waals surface area contributed by atoms with Crippen molar-refractivity contribution in [2.75, 3.05) is 13.2 Å². The SMILES string of the molecule is NC(=O)C1CCCCN1Cc1ccc(C#CCO)cc1F. The Kier molecular flexibility index (Phi) is 5.32. The van der Waals surface area contributed by atoms with Crippen molar-refractivity contribution in [3.8, 4) is 11.8 Å². The Balaban J connectivity index is 2.13. The molecule has 0 spiro atoms. The molecule has 5 heteroatoms. The highest BCUT2D eigenvalue weighted by Gasteiger charge is 2.27. The lowest BCUT2D eigenvalue weighted by atomic mass is 10.0. The number of rotatable bonds is 3. The maximum atomic E-state index is 14.1. The van der Waals surface area contributed by atoms with Crippen molar-refractivity contribution in [2.24, 2.45) is 5.73 Å². The number of likely N-dealkylation sites (tertiary alicyclic amines) is 1. The minimum atomic E-state index is -0.353. The monoisotopic (exact) mass is 290 g/mol. The van der Waals surface area contributed by atoms with Gasteiger partial charge in [-0.1, -0.05) is 24.3 Å². The quantitative estimate of drug-likeness (QED) is 0.817. The van der Waals surface area contributed by atoms with Gasteiger partial charge in [0.1, 0.15) is 12.4 Å². The molecule has 1 aliphatic heterocycles. The number of nitrogens with two attached hydrogens (primary N) is 1. The molecule has 112 valence electrons. The molecule has 21 heavy (non-hydrogen) atoms. The first-order valence-electron chi connectivity index (χ1n) is 7.03. The third kappa shape index (κ3) is 4.03. The van der Waals surface area contributed by atoms with Gasteiger partial charge in [-0.05, 0) is 31.5 Å². The Morgan fingerprint density at radius 1 is 1.48 bits per heavy atom. The summed E-state index contributed by atoms with van der Waals surface area (Å²) in [7, 11) is 0. The highest BCUT2D eigenvalue weighted by Crippen LogP contribution is 2.21. The summed E-state index contributed by atoms with van der Waals surface area (Å²) < 4.78 is 14.1. The van der Waals surface area contributed by atoms with Gasteiger partial charge in [-0.2, -0.15) is 0 Å². The standard InChI is InChI=1S/C16H19FN2O2/c17-14-10-12(4-3-9-20)6-7-13(14)11-19-8-2-1-5-15(19)16(18)21/h6-7,10,15,20H,1-2,5,8-9,11H2,(H2,18,21). The fourth-order valence-corrected chi connectivity index (χ4v) is 2.62. The number of amides is 1. The molecule has 4 nitrogen and oxygen atoms in total. The number of primary amides is 1. The molecule has 0 bridgehead atoms. The fraction of sp³-hybridized carbons (Fsp3) is 0.438. The first-order valence-corrected chi connectivity index (χ1v) is 7.03. The average Bonchev–Trinajstić information content (AvgIpc) is 2.48. The van der Waals surface area contributed by atoms with Crippen molar-refractivity contribution < 1.29 is 14.3 Å². The Bertz CT molecular complexity index is 577. The summed E-state index contributed by atoms with van der Waals surface area (Å²) in [6.07, 6.45) is 2.70. The molecule has 0 saturated carbocycles. The largest absolute Gasteiger partial charge is 0.384 e. The van der Waals surface area contributed by atoms with E-state index in [0.717, 1.165) is 25.8 Å². The van der Waals surface area contributed by atoms with E-state index in [4.69, 9.17) is 10.8 Å². The van der Waals surface area contributed by atoms with Crippen molar-refractivity contribution in [2.45, 2.75) is 31.8 Å². The maximum absolute atomic E-state index is 14.1. The van der Waals surface area contributed by atoms with Gasteiger partial charge in [-0.15, -0.1) is 0 Å². The van der Waals surface area contributed by atoms with Crippen LogP contribution in [0, 0.1) is 17.7 Å². The number of hydrogen-bond donors (Lipinski definition) is 2. The third-order valence-electron chi connectivity index (χ3n) is 3.68. The van der Waals surface area contributed by atoms with E-state index in [0.29, 0.717) is 17.7 Å². The van der Waals surface area contributed by atoms with Crippen LogP contribution in [0.15, 0.2) is 18.2 Å². The number of carbonyl (C=O) groups is 1. The van der Waals surface area contributed by atoms with Crippen LogP contribution in [0.25, 0.3) is 0 Å².